The first-order chi connectivity index (χ1) is 13.2. The smallest absolute Gasteiger partial charge is 0.251 e. The Morgan fingerprint density at radius 1 is 1.07 bits per heavy atom. The average Bonchev–Trinajstić information content (AvgIpc) is 2.98. The fraction of sp³-hybridized carbons (Fsp3) is 0.435. The lowest BCUT2D eigenvalue weighted by Crippen LogP contribution is -2.38. The van der Waals surface area contributed by atoms with E-state index in [4.69, 9.17) is 4.74 Å². The van der Waals surface area contributed by atoms with Crippen LogP contribution < -0.4 is 10.1 Å². The van der Waals surface area contributed by atoms with Crippen LogP contribution in [0.5, 0.6) is 5.75 Å². The minimum Gasteiger partial charge on any atom is -0.497 e. The number of amides is 1. The van der Waals surface area contributed by atoms with Crippen LogP contribution in [0.2, 0.25) is 0 Å². The van der Waals surface area contributed by atoms with Gasteiger partial charge in [-0.2, -0.15) is 0 Å². The average molecular weight is 367 g/mol. The Kier molecular flexibility index (Phi) is 6.88. The van der Waals surface area contributed by atoms with Crippen LogP contribution in [-0.2, 0) is 0 Å². The molecule has 1 fully saturated rings. The third-order valence-corrected chi connectivity index (χ3v) is 5.32. The lowest BCUT2D eigenvalue weighted by Gasteiger charge is -2.31. The van der Waals surface area contributed by atoms with Crippen molar-refractivity contribution in [1.82, 2.24) is 10.2 Å². The van der Waals surface area contributed by atoms with E-state index in [0.29, 0.717) is 6.54 Å². The first-order valence-electron chi connectivity index (χ1n) is 9.90. The zero-order chi connectivity index (χ0) is 19.1. The highest BCUT2D eigenvalue weighted by Gasteiger charge is 2.22. The van der Waals surface area contributed by atoms with Gasteiger partial charge in [0.15, 0.2) is 0 Å². The first kappa shape index (κ1) is 19.4. The summed E-state index contributed by atoms with van der Waals surface area (Å²) < 4.78 is 5.30. The molecular formula is C23H30N2O2. The zero-order valence-corrected chi connectivity index (χ0v) is 16.4. The quantitative estimate of drug-likeness (QED) is 0.826. The number of carbonyl (C=O) groups is 1. The van der Waals surface area contributed by atoms with Crippen molar-refractivity contribution in [3.8, 4) is 5.75 Å². The van der Waals surface area contributed by atoms with Gasteiger partial charge in [-0.3, -0.25) is 9.69 Å². The van der Waals surface area contributed by atoms with Crippen LogP contribution >= 0.6 is 0 Å². The van der Waals surface area contributed by atoms with Gasteiger partial charge in [-0.15, -0.1) is 0 Å². The monoisotopic (exact) mass is 366 g/mol. The molecule has 0 spiro atoms. The van der Waals surface area contributed by atoms with Crippen molar-refractivity contribution in [2.75, 3.05) is 26.7 Å². The number of nitrogens with one attached hydrogen (secondary N) is 1. The van der Waals surface area contributed by atoms with E-state index in [1.807, 2.05) is 43.3 Å². The van der Waals surface area contributed by atoms with Gasteiger partial charge in [0.2, 0.25) is 0 Å². The van der Waals surface area contributed by atoms with Crippen LogP contribution in [0.4, 0.5) is 0 Å². The second-order valence-electron chi connectivity index (χ2n) is 7.32. The Bertz CT molecular complexity index is 734. The summed E-state index contributed by atoms with van der Waals surface area (Å²) in [5.41, 5.74) is 3.04. The second-order valence-corrected chi connectivity index (χ2v) is 7.32. The molecule has 0 aromatic heterocycles. The van der Waals surface area contributed by atoms with Crippen LogP contribution in [-0.4, -0.2) is 37.6 Å². The highest BCUT2D eigenvalue weighted by Crippen LogP contribution is 2.25. The Morgan fingerprint density at radius 2 is 1.78 bits per heavy atom. The van der Waals surface area contributed by atoms with Crippen LogP contribution in [0.15, 0.2) is 48.5 Å². The third kappa shape index (κ3) is 5.33. The standard InChI is InChI=1S/C23H30N2O2/c1-18-8-7-9-20(16-18)23(26)24-17-22(25-14-5-3-4-6-15-25)19-10-12-21(27-2)13-11-19/h7-13,16,22H,3-6,14-15,17H2,1-2H3,(H,24,26)/t22-/m0/s1. The number of carbonyl (C=O) groups excluding carboxylic acids is 1. The molecule has 1 aliphatic rings. The van der Waals surface area contributed by atoms with Gasteiger partial charge in [-0.1, -0.05) is 42.7 Å². The number of hydrogen-bond acceptors (Lipinski definition) is 3. The molecule has 3 rings (SSSR count). The van der Waals surface area contributed by atoms with E-state index in [2.05, 4.69) is 22.3 Å². The zero-order valence-electron chi connectivity index (χ0n) is 16.4. The highest BCUT2D eigenvalue weighted by atomic mass is 16.5. The van der Waals surface area contributed by atoms with E-state index >= 15 is 0 Å². The van der Waals surface area contributed by atoms with Crippen LogP contribution in [0.1, 0.15) is 53.2 Å². The molecule has 1 heterocycles. The maximum absolute atomic E-state index is 12.6. The first-order valence-corrected chi connectivity index (χ1v) is 9.90. The number of hydrogen-bond donors (Lipinski definition) is 1. The molecule has 2 aromatic carbocycles. The van der Waals surface area contributed by atoms with Crippen LogP contribution in [0, 0.1) is 6.92 Å². The van der Waals surface area contributed by atoms with Crippen molar-refractivity contribution < 1.29 is 9.53 Å². The van der Waals surface area contributed by atoms with Crippen LogP contribution in [0.3, 0.4) is 0 Å². The van der Waals surface area contributed by atoms with Gasteiger partial charge in [0.25, 0.3) is 5.91 Å². The van der Waals surface area contributed by atoms with Gasteiger partial charge in [0.05, 0.1) is 13.2 Å². The molecule has 0 aliphatic carbocycles. The van der Waals surface area contributed by atoms with Gasteiger partial charge >= 0.3 is 0 Å². The Labute approximate surface area is 162 Å². The Balaban J connectivity index is 1.75. The molecule has 2 aromatic rings. The summed E-state index contributed by atoms with van der Waals surface area (Å²) in [4.78, 5) is 15.2. The van der Waals surface area contributed by atoms with E-state index in [1.165, 1.54) is 31.2 Å². The predicted octanol–water partition coefficient (Wildman–Crippen LogP) is 4.35. The third-order valence-electron chi connectivity index (χ3n) is 5.32. The SMILES string of the molecule is COc1ccc([C@H](CNC(=O)c2cccc(C)c2)N2CCCCCC2)cc1. The molecule has 1 amide bonds. The summed E-state index contributed by atoms with van der Waals surface area (Å²) in [5, 5.41) is 3.16. The largest absolute Gasteiger partial charge is 0.497 e. The molecule has 1 N–H and O–H groups in total. The molecule has 4 nitrogen and oxygen atoms in total. The summed E-state index contributed by atoms with van der Waals surface area (Å²) >= 11 is 0. The summed E-state index contributed by atoms with van der Waals surface area (Å²) in [6, 6.07) is 16.2. The second kappa shape index (κ2) is 9.56. The van der Waals surface area contributed by atoms with E-state index < -0.39 is 0 Å². The predicted molar refractivity (Wildman–Crippen MR) is 109 cm³/mol. The number of ether oxygens (including phenoxy) is 1. The summed E-state index contributed by atoms with van der Waals surface area (Å²) in [6.07, 6.45) is 5.03. The molecule has 27 heavy (non-hydrogen) atoms. The van der Waals surface area contributed by atoms with E-state index in [0.717, 1.165) is 30.0 Å². The lowest BCUT2D eigenvalue weighted by molar-refractivity contribution is 0.0933. The summed E-state index contributed by atoms with van der Waals surface area (Å²) in [6.45, 7) is 4.78. The molecular weight excluding hydrogens is 336 g/mol. The van der Waals surface area contributed by atoms with Crippen molar-refractivity contribution in [3.05, 3.63) is 65.2 Å². The molecule has 0 unspecified atom stereocenters. The molecule has 0 radical (unpaired) electrons. The number of rotatable bonds is 6. The fourth-order valence-corrected chi connectivity index (χ4v) is 3.77. The molecule has 4 heteroatoms. The van der Waals surface area contributed by atoms with E-state index in [9.17, 15) is 4.79 Å². The van der Waals surface area contributed by atoms with Gasteiger partial charge in [-0.05, 0) is 62.7 Å². The highest BCUT2D eigenvalue weighted by molar-refractivity contribution is 5.94. The normalized spacial score (nSPS) is 16.4. The van der Waals surface area contributed by atoms with Crippen molar-refractivity contribution in [2.45, 2.75) is 38.6 Å². The van der Waals surface area contributed by atoms with Gasteiger partial charge < -0.3 is 10.1 Å². The van der Waals surface area contributed by atoms with Crippen molar-refractivity contribution in [2.24, 2.45) is 0 Å². The van der Waals surface area contributed by atoms with Crippen molar-refractivity contribution in [3.63, 3.8) is 0 Å². The summed E-state index contributed by atoms with van der Waals surface area (Å²) in [5.74, 6) is 0.851. The number of aryl methyl sites for hydroxylation is 1. The Morgan fingerprint density at radius 3 is 2.41 bits per heavy atom. The van der Waals surface area contributed by atoms with Gasteiger partial charge in [-0.25, -0.2) is 0 Å². The maximum Gasteiger partial charge on any atom is 0.251 e. The topological polar surface area (TPSA) is 41.6 Å². The number of likely N-dealkylation sites (tertiary alicyclic amines) is 1. The Hall–Kier alpha value is -2.33. The minimum absolute atomic E-state index is 0.00738. The van der Waals surface area contributed by atoms with E-state index in [-0.39, 0.29) is 11.9 Å². The molecule has 0 bridgehead atoms. The number of nitrogens with zero attached hydrogens (tertiary/aromatic N) is 1. The minimum atomic E-state index is -0.00738. The van der Waals surface area contributed by atoms with Crippen molar-refractivity contribution in [1.29, 1.82) is 0 Å². The maximum atomic E-state index is 12.6. The fourth-order valence-electron chi connectivity index (χ4n) is 3.77. The van der Waals surface area contributed by atoms with Crippen LogP contribution in [0.25, 0.3) is 0 Å². The molecule has 144 valence electrons. The lowest BCUT2D eigenvalue weighted by atomic mass is 10.0. The summed E-state index contributed by atoms with van der Waals surface area (Å²) in [7, 11) is 1.68. The van der Waals surface area contributed by atoms with E-state index in [1.54, 1.807) is 7.11 Å². The van der Waals surface area contributed by atoms with Gasteiger partial charge in [0, 0.05) is 12.1 Å². The molecule has 1 aliphatic heterocycles. The number of benzene rings is 2. The molecule has 1 saturated heterocycles. The molecule has 0 saturated carbocycles. The van der Waals surface area contributed by atoms with Gasteiger partial charge in [0.1, 0.15) is 5.75 Å². The molecule has 1 atom stereocenters. The number of methoxy groups -OCH3 is 1. The van der Waals surface area contributed by atoms with Crippen molar-refractivity contribution >= 4 is 5.91 Å².